The molecule has 2 heterocycles. The summed E-state index contributed by atoms with van der Waals surface area (Å²) < 4.78 is 1.58. The first-order valence-electron chi connectivity index (χ1n) is 9.35. The Kier molecular flexibility index (Phi) is 4.69. The fourth-order valence-electron chi connectivity index (χ4n) is 3.51. The van der Waals surface area contributed by atoms with Crippen molar-refractivity contribution in [3.05, 3.63) is 65.9 Å². The molecule has 0 bridgehead atoms. The lowest BCUT2D eigenvalue weighted by Crippen LogP contribution is -2.25. The number of hydrogen-bond donors (Lipinski definition) is 1. The van der Waals surface area contributed by atoms with Crippen LogP contribution in [0.1, 0.15) is 28.9 Å². The predicted molar refractivity (Wildman–Crippen MR) is 109 cm³/mol. The molecule has 1 saturated heterocycles. The minimum absolute atomic E-state index is 0.130. The maximum atomic E-state index is 12.8. The van der Waals surface area contributed by atoms with E-state index in [1.54, 1.807) is 22.7 Å². The minimum atomic E-state index is -0.236. The average Bonchev–Trinajstić information content (AvgIpc) is 3.30. The van der Waals surface area contributed by atoms with Gasteiger partial charge in [-0.05, 0) is 37.1 Å². The van der Waals surface area contributed by atoms with Gasteiger partial charge in [-0.25, -0.2) is 0 Å². The molecule has 6 heteroatoms. The van der Waals surface area contributed by atoms with Gasteiger partial charge in [-0.2, -0.15) is 5.10 Å². The molecule has 142 valence electrons. The lowest BCUT2D eigenvalue weighted by atomic mass is 10.1. The van der Waals surface area contributed by atoms with Crippen molar-refractivity contribution in [3.63, 3.8) is 0 Å². The van der Waals surface area contributed by atoms with Crippen LogP contribution in [0.15, 0.2) is 54.6 Å². The van der Waals surface area contributed by atoms with E-state index in [1.165, 1.54) is 0 Å². The molecule has 1 aliphatic rings. The number of hydrogen-bond acceptors (Lipinski definition) is 3. The van der Waals surface area contributed by atoms with Crippen molar-refractivity contribution in [2.24, 2.45) is 7.05 Å². The second-order valence-electron chi connectivity index (χ2n) is 7.01. The molecule has 0 unspecified atom stereocenters. The maximum Gasteiger partial charge on any atom is 0.273 e. The van der Waals surface area contributed by atoms with Crippen LogP contribution in [0, 0.1) is 6.92 Å². The van der Waals surface area contributed by atoms with Crippen molar-refractivity contribution in [2.75, 3.05) is 16.8 Å². The fourth-order valence-corrected chi connectivity index (χ4v) is 3.51. The highest BCUT2D eigenvalue weighted by atomic mass is 16.2. The molecule has 1 aromatic heterocycles. The number of nitrogens with one attached hydrogen (secondary N) is 1. The smallest absolute Gasteiger partial charge is 0.273 e. The second-order valence-corrected chi connectivity index (χ2v) is 7.01. The summed E-state index contributed by atoms with van der Waals surface area (Å²) in [5.74, 6) is -0.106. The number of carbonyl (C=O) groups is 2. The molecule has 2 aromatic carbocycles. The van der Waals surface area contributed by atoms with Crippen LogP contribution in [-0.4, -0.2) is 28.1 Å². The summed E-state index contributed by atoms with van der Waals surface area (Å²) in [6, 6.07) is 17.2. The first kappa shape index (κ1) is 18.0. The topological polar surface area (TPSA) is 67.2 Å². The van der Waals surface area contributed by atoms with Gasteiger partial charge in [-0.1, -0.05) is 36.4 Å². The fraction of sp³-hybridized carbons (Fsp3) is 0.227. The number of aromatic nitrogens is 2. The van der Waals surface area contributed by atoms with Gasteiger partial charge >= 0.3 is 0 Å². The van der Waals surface area contributed by atoms with Crippen molar-refractivity contribution in [1.29, 1.82) is 0 Å². The second kappa shape index (κ2) is 7.31. The van der Waals surface area contributed by atoms with Crippen molar-refractivity contribution >= 4 is 23.2 Å². The van der Waals surface area contributed by atoms with Gasteiger partial charge in [0.15, 0.2) is 0 Å². The molecular weight excluding hydrogens is 352 g/mol. The molecule has 3 aromatic rings. The molecule has 0 atom stereocenters. The molecule has 4 rings (SSSR count). The number of carbonyl (C=O) groups excluding carboxylic acids is 2. The lowest BCUT2D eigenvalue weighted by molar-refractivity contribution is -0.117. The van der Waals surface area contributed by atoms with E-state index in [0.29, 0.717) is 17.8 Å². The van der Waals surface area contributed by atoms with Crippen LogP contribution in [0.2, 0.25) is 0 Å². The van der Waals surface area contributed by atoms with E-state index in [4.69, 9.17) is 0 Å². The highest BCUT2D eigenvalue weighted by molar-refractivity contribution is 6.04. The van der Waals surface area contributed by atoms with E-state index in [9.17, 15) is 9.59 Å². The normalized spacial score (nSPS) is 13.8. The van der Waals surface area contributed by atoms with E-state index in [1.807, 2.05) is 55.5 Å². The Morgan fingerprint density at radius 2 is 1.89 bits per heavy atom. The van der Waals surface area contributed by atoms with Crippen molar-refractivity contribution < 1.29 is 9.59 Å². The van der Waals surface area contributed by atoms with Gasteiger partial charge in [0.1, 0.15) is 5.69 Å². The summed E-state index contributed by atoms with van der Waals surface area (Å²) in [5, 5.41) is 7.38. The average molecular weight is 374 g/mol. The van der Waals surface area contributed by atoms with Gasteiger partial charge in [0.25, 0.3) is 5.91 Å². The summed E-state index contributed by atoms with van der Waals surface area (Å²) in [7, 11) is 1.75. The van der Waals surface area contributed by atoms with Crippen LogP contribution in [0.5, 0.6) is 0 Å². The van der Waals surface area contributed by atoms with Crippen LogP contribution in [0.25, 0.3) is 11.3 Å². The van der Waals surface area contributed by atoms with Crippen LogP contribution < -0.4 is 10.2 Å². The molecule has 28 heavy (non-hydrogen) atoms. The first-order chi connectivity index (χ1) is 13.5. The van der Waals surface area contributed by atoms with Gasteiger partial charge in [-0.15, -0.1) is 0 Å². The number of anilines is 2. The largest absolute Gasteiger partial charge is 0.321 e. The van der Waals surface area contributed by atoms with Gasteiger partial charge in [-0.3, -0.25) is 14.3 Å². The van der Waals surface area contributed by atoms with Crippen molar-refractivity contribution in [1.82, 2.24) is 9.78 Å². The highest BCUT2D eigenvalue weighted by Gasteiger charge is 2.23. The molecule has 0 radical (unpaired) electrons. The Bertz CT molecular complexity index is 1040. The third-order valence-corrected chi connectivity index (χ3v) is 5.01. The van der Waals surface area contributed by atoms with E-state index in [-0.39, 0.29) is 11.8 Å². The molecule has 1 fully saturated rings. The third kappa shape index (κ3) is 3.41. The van der Waals surface area contributed by atoms with E-state index in [0.717, 1.165) is 35.5 Å². The van der Waals surface area contributed by atoms with E-state index >= 15 is 0 Å². The number of benzene rings is 2. The zero-order chi connectivity index (χ0) is 19.7. The quantitative estimate of drug-likeness (QED) is 0.756. The van der Waals surface area contributed by atoms with E-state index < -0.39 is 0 Å². The number of nitrogens with zero attached hydrogens (tertiary/aromatic N) is 3. The van der Waals surface area contributed by atoms with E-state index in [2.05, 4.69) is 10.4 Å². The Hall–Kier alpha value is -3.41. The Morgan fingerprint density at radius 3 is 2.61 bits per heavy atom. The zero-order valence-electron chi connectivity index (χ0n) is 16.0. The highest BCUT2D eigenvalue weighted by Crippen LogP contribution is 2.28. The molecule has 1 aliphatic heterocycles. The summed E-state index contributed by atoms with van der Waals surface area (Å²) in [6.07, 6.45) is 1.44. The molecule has 0 spiro atoms. The Morgan fingerprint density at radius 1 is 1.11 bits per heavy atom. The predicted octanol–water partition coefficient (Wildman–Crippen LogP) is 3.77. The minimum Gasteiger partial charge on any atom is -0.321 e. The summed E-state index contributed by atoms with van der Waals surface area (Å²) >= 11 is 0. The number of rotatable bonds is 4. The van der Waals surface area contributed by atoms with Crippen LogP contribution in [-0.2, 0) is 11.8 Å². The number of amides is 2. The summed E-state index contributed by atoms with van der Waals surface area (Å²) in [6.45, 7) is 2.69. The molecule has 2 amide bonds. The van der Waals surface area contributed by atoms with Gasteiger partial charge < -0.3 is 10.2 Å². The molecule has 0 aliphatic carbocycles. The van der Waals surface area contributed by atoms with Crippen LogP contribution in [0.4, 0.5) is 11.4 Å². The summed E-state index contributed by atoms with van der Waals surface area (Å²) in [5.41, 5.74) is 4.71. The zero-order valence-corrected chi connectivity index (χ0v) is 16.0. The van der Waals surface area contributed by atoms with Crippen molar-refractivity contribution in [3.8, 4) is 11.3 Å². The van der Waals surface area contributed by atoms with Crippen LogP contribution >= 0.6 is 0 Å². The maximum absolute atomic E-state index is 12.8. The SMILES string of the molecule is Cc1ccc(NC(=O)c2cc(-c3ccccc3)nn2C)cc1N1CCCC1=O. The lowest BCUT2D eigenvalue weighted by Gasteiger charge is -2.19. The van der Waals surface area contributed by atoms with Gasteiger partial charge in [0.05, 0.1) is 5.69 Å². The van der Waals surface area contributed by atoms with Gasteiger partial charge in [0, 0.05) is 37.0 Å². The van der Waals surface area contributed by atoms with Gasteiger partial charge in [0.2, 0.25) is 5.91 Å². The van der Waals surface area contributed by atoms with Crippen LogP contribution in [0.3, 0.4) is 0 Å². The Balaban J connectivity index is 1.58. The molecular formula is C22H22N4O2. The standard InChI is InChI=1S/C22H22N4O2/c1-15-10-11-17(13-19(15)26-12-6-9-21(26)27)23-22(28)20-14-18(24-25(20)2)16-7-4-3-5-8-16/h3-5,7-8,10-11,13-14H,6,9,12H2,1-2H3,(H,23,28). The monoisotopic (exact) mass is 374 g/mol. The molecule has 6 nitrogen and oxygen atoms in total. The molecule has 0 saturated carbocycles. The Labute approximate surface area is 163 Å². The third-order valence-electron chi connectivity index (χ3n) is 5.01. The number of aryl methyl sites for hydroxylation is 2. The molecule has 1 N–H and O–H groups in total. The first-order valence-corrected chi connectivity index (χ1v) is 9.35. The summed E-state index contributed by atoms with van der Waals surface area (Å²) in [4.78, 5) is 26.7. The van der Waals surface area contributed by atoms with Crippen molar-refractivity contribution in [2.45, 2.75) is 19.8 Å².